The van der Waals surface area contributed by atoms with Crippen molar-refractivity contribution in [1.29, 1.82) is 0 Å². The van der Waals surface area contributed by atoms with Gasteiger partial charge in [-0.2, -0.15) is 0 Å². The van der Waals surface area contributed by atoms with Gasteiger partial charge >= 0.3 is 0 Å². The van der Waals surface area contributed by atoms with Crippen LogP contribution in [0.1, 0.15) is 10.4 Å². The number of rotatable bonds is 6. The van der Waals surface area contributed by atoms with Crippen LogP contribution in [0.4, 0.5) is 10.8 Å². The summed E-state index contributed by atoms with van der Waals surface area (Å²) >= 11 is 2.35. The van der Waals surface area contributed by atoms with Crippen LogP contribution in [0.15, 0.2) is 47.4 Å². The van der Waals surface area contributed by atoms with E-state index in [1.165, 1.54) is 23.5 Å². The van der Waals surface area contributed by atoms with Gasteiger partial charge < -0.3 is 11.1 Å². The third-order valence-electron chi connectivity index (χ3n) is 3.34. The Morgan fingerprint density at radius 2 is 2.04 bits per heavy atom. The number of nitrogens with zero attached hydrogens (tertiary/aromatic N) is 2. The number of primary amides is 1. The molecule has 132 valence electrons. The number of hydrogen-bond donors (Lipinski definition) is 2. The van der Waals surface area contributed by atoms with Gasteiger partial charge in [0.2, 0.25) is 11.8 Å². The Labute approximate surface area is 155 Å². The number of aromatic nitrogens is 1. The number of benzene rings is 2. The van der Waals surface area contributed by atoms with Crippen LogP contribution in [0.25, 0.3) is 10.2 Å². The van der Waals surface area contributed by atoms with E-state index in [4.69, 9.17) is 5.73 Å². The number of carbonyl (C=O) groups is 2. The second kappa shape index (κ2) is 7.50. The Kier molecular flexibility index (Phi) is 5.14. The standard InChI is InChI=1S/C16H12N4O4S2/c17-15(22)9-5-6-13(11(7-9)20(23)24)25-8-14(21)19-16-18-10-3-1-2-4-12(10)26-16/h1-7H,8H2,(H2,17,22)(H,18,19,21). The van der Waals surface area contributed by atoms with Gasteiger partial charge in [-0.15, -0.1) is 11.8 Å². The number of para-hydroxylation sites is 1. The summed E-state index contributed by atoms with van der Waals surface area (Å²) in [6.45, 7) is 0. The first-order chi connectivity index (χ1) is 12.4. The van der Waals surface area contributed by atoms with Crippen molar-refractivity contribution in [2.75, 3.05) is 11.1 Å². The molecule has 0 aliphatic carbocycles. The molecule has 0 fully saturated rings. The lowest BCUT2D eigenvalue weighted by Crippen LogP contribution is -2.14. The van der Waals surface area contributed by atoms with Crippen molar-refractivity contribution in [1.82, 2.24) is 4.98 Å². The van der Waals surface area contributed by atoms with Crippen molar-refractivity contribution in [3.05, 3.63) is 58.1 Å². The van der Waals surface area contributed by atoms with Crippen molar-refractivity contribution in [3.8, 4) is 0 Å². The number of nitro groups is 1. The zero-order chi connectivity index (χ0) is 18.7. The van der Waals surface area contributed by atoms with Crippen molar-refractivity contribution in [3.63, 3.8) is 0 Å². The van der Waals surface area contributed by atoms with Crippen LogP contribution in [0.3, 0.4) is 0 Å². The van der Waals surface area contributed by atoms with Crippen molar-refractivity contribution in [2.24, 2.45) is 5.73 Å². The molecule has 1 heterocycles. The van der Waals surface area contributed by atoms with E-state index in [2.05, 4.69) is 10.3 Å². The number of thioether (sulfide) groups is 1. The lowest BCUT2D eigenvalue weighted by molar-refractivity contribution is -0.387. The van der Waals surface area contributed by atoms with E-state index >= 15 is 0 Å². The van der Waals surface area contributed by atoms with E-state index in [-0.39, 0.29) is 27.8 Å². The topological polar surface area (TPSA) is 128 Å². The van der Waals surface area contributed by atoms with Crippen molar-refractivity contribution >= 4 is 55.9 Å². The van der Waals surface area contributed by atoms with Crippen molar-refractivity contribution in [2.45, 2.75) is 4.90 Å². The van der Waals surface area contributed by atoms with Crippen molar-refractivity contribution < 1.29 is 14.5 Å². The number of nitro benzene ring substituents is 1. The number of hydrogen-bond acceptors (Lipinski definition) is 7. The molecule has 10 heteroatoms. The summed E-state index contributed by atoms with van der Waals surface area (Å²) in [7, 11) is 0. The second-order valence-electron chi connectivity index (χ2n) is 5.13. The molecule has 0 aliphatic heterocycles. The van der Waals surface area contributed by atoms with E-state index in [9.17, 15) is 19.7 Å². The largest absolute Gasteiger partial charge is 0.366 e. The average Bonchev–Trinajstić information content (AvgIpc) is 3.01. The van der Waals surface area contributed by atoms with E-state index in [0.717, 1.165) is 28.0 Å². The molecule has 0 spiro atoms. The number of nitrogens with one attached hydrogen (secondary N) is 1. The van der Waals surface area contributed by atoms with Crippen LogP contribution in [0.5, 0.6) is 0 Å². The fraction of sp³-hybridized carbons (Fsp3) is 0.0625. The Balaban J connectivity index is 1.69. The fourth-order valence-corrected chi connectivity index (χ4v) is 3.85. The molecular formula is C16H12N4O4S2. The minimum absolute atomic E-state index is 0.0350. The van der Waals surface area contributed by atoms with Crippen LogP contribution in [0, 0.1) is 10.1 Å². The lowest BCUT2D eigenvalue weighted by atomic mass is 10.2. The predicted molar refractivity (Wildman–Crippen MR) is 101 cm³/mol. The Morgan fingerprint density at radius 3 is 2.73 bits per heavy atom. The summed E-state index contributed by atoms with van der Waals surface area (Å²) in [6.07, 6.45) is 0. The first-order valence-electron chi connectivity index (χ1n) is 7.30. The molecule has 0 bridgehead atoms. The summed E-state index contributed by atoms with van der Waals surface area (Å²) in [5.74, 6) is -1.12. The number of fused-ring (bicyclic) bond motifs is 1. The molecule has 26 heavy (non-hydrogen) atoms. The van der Waals surface area contributed by atoms with Crippen LogP contribution in [-0.4, -0.2) is 27.5 Å². The van der Waals surface area contributed by atoms with Gasteiger partial charge in [-0.3, -0.25) is 19.7 Å². The summed E-state index contributed by atoms with van der Waals surface area (Å²) in [4.78, 5) is 38.4. The maximum absolute atomic E-state index is 12.1. The van der Waals surface area contributed by atoms with Crippen LogP contribution >= 0.6 is 23.1 Å². The zero-order valence-corrected chi connectivity index (χ0v) is 14.8. The monoisotopic (exact) mass is 388 g/mol. The Hall–Kier alpha value is -2.98. The minimum atomic E-state index is -0.752. The zero-order valence-electron chi connectivity index (χ0n) is 13.2. The number of thiazole rings is 1. The number of nitrogens with two attached hydrogens (primary N) is 1. The minimum Gasteiger partial charge on any atom is -0.366 e. The molecule has 3 N–H and O–H groups in total. The molecule has 0 unspecified atom stereocenters. The predicted octanol–water partition coefficient (Wildman–Crippen LogP) is 3.03. The third kappa shape index (κ3) is 3.98. The van der Waals surface area contributed by atoms with Crippen LogP contribution in [0.2, 0.25) is 0 Å². The van der Waals surface area contributed by atoms with Gasteiger partial charge in [0.1, 0.15) is 0 Å². The van der Waals surface area contributed by atoms with Gasteiger partial charge in [-0.25, -0.2) is 4.98 Å². The maximum Gasteiger partial charge on any atom is 0.283 e. The summed E-state index contributed by atoms with van der Waals surface area (Å²) in [5, 5.41) is 14.3. The molecule has 8 nitrogen and oxygen atoms in total. The van der Waals surface area contributed by atoms with Crippen LogP contribution < -0.4 is 11.1 Å². The normalized spacial score (nSPS) is 10.6. The van der Waals surface area contributed by atoms with Gasteiger partial charge in [0.15, 0.2) is 5.13 Å². The first kappa shape index (κ1) is 17.8. The Morgan fingerprint density at radius 1 is 1.27 bits per heavy atom. The number of amides is 2. The Bertz CT molecular complexity index is 985. The number of anilines is 1. The molecule has 3 rings (SSSR count). The highest BCUT2D eigenvalue weighted by Crippen LogP contribution is 2.30. The third-order valence-corrected chi connectivity index (χ3v) is 5.35. The summed E-state index contributed by atoms with van der Waals surface area (Å²) in [6, 6.07) is 11.4. The van der Waals surface area contributed by atoms with Gasteiger partial charge in [-0.05, 0) is 24.3 Å². The maximum atomic E-state index is 12.1. The van der Waals surface area contributed by atoms with Gasteiger partial charge in [0.25, 0.3) is 5.69 Å². The highest BCUT2D eigenvalue weighted by atomic mass is 32.2. The smallest absolute Gasteiger partial charge is 0.283 e. The number of carbonyl (C=O) groups excluding carboxylic acids is 2. The molecule has 0 saturated carbocycles. The molecule has 2 aromatic carbocycles. The SMILES string of the molecule is NC(=O)c1ccc(SCC(=O)Nc2nc3ccccc3s2)c([N+](=O)[O-])c1. The molecule has 2 amide bonds. The molecule has 0 atom stereocenters. The first-order valence-corrected chi connectivity index (χ1v) is 9.10. The highest BCUT2D eigenvalue weighted by Gasteiger charge is 2.18. The average molecular weight is 388 g/mol. The van der Waals surface area contributed by atoms with E-state index in [0.29, 0.717) is 5.13 Å². The van der Waals surface area contributed by atoms with Gasteiger partial charge in [-0.1, -0.05) is 23.5 Å². The summed E-state index contributed by atoms with van der Waals surface area (Å²) in [5.41, 5.74) is 5.70. The fourth-order valence-electron chi connectivity index (χ4n) is 2.16. The molecule has 1 aromatic heterocycles. The molecule has 0 aliphatic rings. The second-order valence-corrected chi connectivity index (χ2v) is 7.18. The van der Waals surface area contributed by atoms with E-state index in [1.807, 2.05) is 24.3 Å². The van der Waals surface area contributed by atoms with Crippen LogP contribution in [-0.2, 0) is 4.79 Å². The van der Waals surface area contributed by atoms with Gasteiger partial charge in [0.05, 0.1) is 25.8 Å². The highest BCUT2D eigenvalue weighted by molar-refractivity contribution is 8.00. The van der Waals surface area contributed by atoms with E-state index < -0.39 is 10.8 Å². The lowest BCUT2D eigenvalue weighted by Gasteiger charge is -2.04. The van der Waals surface area contributed by atoms with E-state index in [1.54, 1.807) is 0 Å². The molecule has 0 radical (unpaired) electrons. The molecule has 3 aromatic rings. The molecular weight excluding hydrogens is 376 g/mol. The quantitative estimate of drug-likeness (QED) is 0.379. The van der Waals surface area contributed by atoms with Gasteiger partial charge in [0, 0.05) is 11.6 Å². The summed E-state index contributed by atoms with van der Waals surface area (Å²) < 4.78 is 0.952. The molecule has 0 saturated heterocycles.